The molecule has 0 atom stereocenters. The van der Waals surface area contributed by atoms with Gasteiger partial charge in [-0.1, -0.05) is 11.8 Å². The van der Waals surface area contributed by atoms with Crippen LogP contribution in [0.2, 0.25) is 0 Å². The van der Waals surface area contributed by atoms with Gasteiger partial charge in [0.25, 0.3) is 5.56 Å². The highest BCUT2D eigenvalue weighted by atomic mass is 32.2. The van der Waals surface area contributed by atoms with Crippen LogP contribution in [-0.2, 0) is 6.54 Å². The van der Waals surface area contributed by atoms with Crippen LogP contribution in [0.3, 0.4) is 0 Å². The van der Waals surface area contributed by atoms with Gasteiger partial charge in [-0.25, -0.2) is 9.97 Å². The Labute approximate surface area is 84.5 Å². The molecular formula is C8H10N4OS. The van der Waals surface area contributed by atoms with Crippen molar-refractivity contribution in [3.63, 3.8) is 0 Å². The summed E-state index contributed by atoms with van der Waals surface area (Å²) in [5.74, 6) is 0. The molecule has 0 amide bonds. The lowest BCUT2D eigenvalue weighted by Gasteiger charge is -1.98. The number of thioether (sulfide) groups is 1. The maximum atomic E-state index is 11.4. The second-order valence-corrected chi connectivity index (χ2v) is 3.55. The van der Waals surface area contributed by atoms with Crippen LogP contribution >= 0.6 is 11.8 Å². The molecular weight excluding hydrogens is 200 g/mol. The van der Waals surface area contributed by atoms with E-state index in [0.29, 0.717) is 22.7 Å². The maximum absolute atomic E-state index is 11.4. The number of aryl methyl sites for hydroxylation is 1. The third-order valence-corrected chi connectivity index (χ3v) is 2.54. The molecule has 2 aromatic rings. The molecule has 0 aliphatic heterocycles. The van der Waals surface area contributed by atoms with Gasteiger partial charge in [-0.2, -0.15) is 0 Å². The fourth-order valence-electron chi connectivity index (χ4n) is 1.29. The monoisotopic (exact) mass is 210 g/mol. The standard InChI is InChI=1S/C8H10N4OS/c1-3-12-6-5(7(13)11-12)4-9-8(10-6)14-2/h4H,3H2,1-2H3,(H,11,13). The summed E-state index contributed by atoms with van der Waals surface area (Å²) in [6.07, 6.45) is 3.47. The fourth-order valence-corrected chi connectivity index (χ4v) is 1.62. The van der Waals surface area contributed by atoms with Gasteiger partial charge in [0.2, 0.25) is 0 Å². The molecule has 2 aromatic heterocycles. The van der Waals surface area contributed by atoms with E-state index in [1.165, 1.54) is 11.8 Å². The Balaban J connectivity index is 2.78. The SMILES string of the molecule is CCn1[nH]c(=O)c2cnc(SC)nc21. The van der Waals surface area contributed by atoms with Crippen molar-refractivity contribution < 1.29 is 0 Å². The molecule has 0 radical (unpaired) electrons. The van der Waals surface area contributed by atoms with Crippen molar-refractivity contribution in [2.24, 2.45) is 0 Å². The Bertz CT molecular complexity index is 516. The normalized spacial score (nSPS) is 11.0. The van der Waals surface area contributed by atoms with Gasteiger partial charge < -0.3 is 0 Å². The minimum atomic E-state index is -0.130. The summed E-state index contributed by atoms with van der Waals surface area (Å²) in [7, 11) is 0. The lowest BCUT2D eigenvalue weighted by molar-refractivity contribution is 0.665. The highest BCUT2D eigenvalue weighted by Crippen LogP contribution is 2.11. The Hall–Kier alpha value is -1.30. The second-order valence-electron chi connectivity index (χ2n) is 2.78. The quantitative estimate of drug-likeness (QED) is 0.590. The summed E-state index contributed by atoms with van der Waals surface area (Å²) in [6.45, 7) is 2.65. The zero-order valence-electron chi connectivity index (χ0n) is 7.94. The molecule has 2 heterocycles. The third kappa shape index (κ3) is 1.31. The van der Waals surface area contributed by atoms with E-state index in [1.54, 1.807) is 10.9 Å². The molecule has 0 aliphatic carbocycles. The topological polar surface area (TPSA) is 63.6 Å². The van der Waals surface area contributed by atoms with E-state index in [-0.39, 0.29) is 5.56 Å². The van der Waals surface area contributed by atoms with Gasteiger partial charge in [-0.3, -0.25) is 14.6 Å². The number of rotatable bonds is 2. The Morgan fingerprint density at radius 2 is 2.43 bits per heavy atom. The van der Waals surface area contributed by atoms with Crippen LogP contribution < -0.4 is 5.56 Å². The van der Waals surface area contributed by atoms with Crippen molar-refractivity contribution in [2.75, 3.05) is 6.26 Å². The molecule has 0 aromatic carbocycles. The summed E-state index contributed by atoms with van der Waals surface area (Å²) in [6, 6.07) is 0. The number of aromatic amines is 1. The first-order valence-corrected chi connectivity index (χ1v) is 5.48. The summed E-state index contributed by atoms with van der Waals surface area (Å²) in [5, 5.41) is 3.93. The van der Waals surface area contributed by atoms with Crippen LogP contribution in [0, 0.1) is 0 Å². The molecule has 0 fully saturated rings. The highest BCUT2D eigenvalue weighted by molar-refractivity contribution is 7.98. The highest BCUT2D eigenvalue weighted by Gasteiger charge is 2.07. The van der Waals surface area contributed by atoms with Crippen LogP contribution in [0.1, 0.15) is 6.92 Å². The average molecular weight is 210 g/mol. The zero-order chi connectivity index (χ0) is 10.1. The molecule has 74 valence electrons. The first kappa shape index (κ1) is 9.26. The Morgan fingerprint density at radius 1 is 1.64 bits per heavy atom. The Morgan fingerprint density at radius 3 is 3.07 bits per heavy atom. The number of aromatic nitrogens is 4. The van der Waals surface area contributed by atoms with Crippen molar-refractivity contribution in [2.45, 2.75) is 18.6 Å². The van der Waals surface area contributed by atoms with E-state index in [4.69, 9.17) is 0 Å². The first-order chi connectivity index (χ1) is 6.76. The molecule has 6 heteroatoms. The predicted molar refractivity (Wildman–Crippen MR) is 55.6 cm³/mol. The minimum Gasteiger partial charge on any atom is -0.268 e. The molecule has 14 heavy (non-hydrogen) atoms. The lowest BCUT2D eigenvalue weighted by atomic mass is 10.4. The van der Waals surface area contributed by atoms with Crippen molar-refractivity contribution in [3.05, 3.63) is 16.6 Å². The van der Waals surface area contributed by atoms with Gasteiger partial charge in [0.15, 0.2) is 10.8 Å². The fraction of sp³-hybridized carbons (Fsp3) is 0.375. The van der Waals surface area contributed by atoms with Crippen LogP contribution in [0.25, 0.3) is 11.0 Å². The van der Waals surface area contributed by atoms with Gasteiger partial charge in [0.05, 0.1) is 0 Å². The van der Waals surface area contributed by atoms with Gasteiger partial charge >= 0.3 is 0 Å². The molecule has 0 spiro atoms. The lowest BCUT2D eigenvalue weighted by Crippen LogP contribution is -2.03. The van der Waals surface area contributed by atoms with Crippen LogP contribution in [0.4, 0.5) is 0 Å². The number of hydrogen-bond acceptors (Lipinski definition) is 4. The smallest absolute Gasteiger partial charge is 0.268 e. The van der Waals surface area contributed by atoms with E-state index in [0.717, 1.165) is 0 Å². The second kappa shape index (κ2) is 3.45. The molecule has 0 unspecified atom stereocenters. The molecule has 2 rings (SSSR count). The summed E-state index contributed by atoms with van der Waals surface area (Å²) >= 11 is 1.46. The number of hydrogen-bond donors (Lipinski definition) is 1. The molecule has 0 saturated carbocycles. The predicted octanol–water partition coefficient (Wildman–Crippen LogP) is 0.861. The number of nitrogens with zero attached hydrogens (tertiary/aromatic N) is 3. The maximum Gasteiger partial charge on any atom is 0.275 e. The van der Waals surface area contributed by atoms with Gasteiger partial charge in [-0.05, 0) is 13.2 Å². The van der Waals surface area contributed by atoms with E-state index >= 15 is 0 Å². The summed E-state index contributed by atoms with van der Waals surface area (Å²) in [5.41, 5.74) is 0.548. The molecule has 0 saturated heterocycles. The van der Waals surface area contributed by atoms with Gasteiger partial charge in [0.1, 0.15) is 5.39 Å². The van der Waals surface area contributed by atoms with E-state index in [9.17, 15) is 4.79 Å². The van der Waals surface area contributed by atoms with Gasteiger partial charge in [-0.15, -0.1) is 0 Å². The van der Waals surface area contributed by atoms with Crippen molar-refractivity contribution >= 4 is 22.8 Å². The first-order valence-electron chi connectivity index (χ1n) is 4.25. The molecule has 1 N–H and O–H groups in total. The van der Waals surface area contributed by atoms with Crippen molar-refractivity contribution in [1.29, 1.82) is 0 Å². The molecule has 0 aliphatic rings. The van der Waals surface area contributed by atoms with E-state index in [1.807, 2.05) is 13.2 Å². The molecule has 0 bridgehead atoms. The minimum absolute atomic E-state index is 0.130. The zero-order valence-corrected chi connectivity index (χ0v) is 8.76. The van der Waals surface area contributed by atoms with Crippen LogP contribution in [-0.4, -0.2) is 26.0 Å². The van der Waals surface area contributed by atoms with Crippen LogP contribution in [0.5, 0.6) is 0 Å². The Kier molecular flexibility index (Phi) is 2.28. The number of nitrogens with one attached hydrogen (secondary N) is 1. The number of H-pyrrole nitrogens is 1. The molecule has 5 nitrogen and oxygen atoms in total. The number of fused-ring (bicyclic) bond motifs is 1. The van der Waals surface area contributed by atoms with E-state index < -0.39 is 0 Å². The van der Waals surface area contributed by atoms with Crippen LogP contribution in [0.15, 0.2) is 16.1 Å². The van der Waals surface area contributed by atoms with Crippen molar-refractivity contribution in [3.8, 4) is 0 Å². The van der Waals surface area contributed by atoms with E-state index in [2.05, 4.69) is 15.1 Å². The largest absolute Gasteiger partial charge is 0.275 e. The van der Waals surface area contributed by atoms with Gasteiger partial charge in [0, 0.05) is 12.7 Å². The summed E-state index contributed by atoms with van der Waals surface area (Å²) in [4.78, 5) is 19.7. The third-order valence-electron chi connectivity index (χ3n) is 1.98. The average Bonchev–Trinajstić information content (AvgIpc) is 2.55. The summed E-state index contributed by atoms with van der Waals surface area (Å²) < 4.78 is 1.72. The van der Waals surface area contributed by atoms with Crippen molar-refractivity contribution in [1.82, 2.24) is 19.7 Å².